The van der Waals surface area contributed by atoms with Crippen LogP contribution in [0.5, 0.6) is 0 Å². The number of aromatic nitrogens is 2. The molecule has 0 aliphatic rings. The van der Waals surface area contributed by atoms with Crippen molar-refractivity contribution in [2.75, 3.05) is 4.31 Å². The Kier molecular flexibility index (Phi) is 4.47. The molecule has 0 spiro atoms. The number of para-hydroxylation sites is 1. The number of carbonyl (C=O) groups excluding carboxylic acids is 1. The smallest absolute Gasteiger partial charge is 0.353 e. The van der Waals surface area contributed by atoms with Gasteiger partial charge in [0.15, 0.2) is 5.84 Å². The zero-order chi connectivity index (χ0) is 16.2. The van der Waals surface area contributed by atoms with Gasteiger partial charge in [0.05, 0.1) is 11.9 Å². The van der Waals surface area contributed by atoms with Crippen LogP contribution in [0.2, 0.25) is 0 Å². The number of nitrogens with two attached hydrogens (primary N) is 1. The van der Waals surface area contributed by atoms with Crippen LogP contribution in [-0.4, -0.2) is 30.1 Å². The molecular formula is C13H13N5O3S. The Morgan fingerprint density at radius 1 is 1.23 bits per heavy atom. The van der Waals surface area contributed by atoms with Crippen LogP contribution in [0.25, 0.3) is 0 Å². The van der Waals surface area contributed by atoms with Gasteiger partial charge >= 0.3 is 10.2 Å². The predicted molar refractivity (Wildman–Crippen MR) is 81.3 cm³/mol. The van der Waals surface area contributed by atoms with Crippen LogP contribution in [0.1, 0.15) is 12.6 Å². The monoisotopic (exact) mass is 319 g/mol. The third-order valence-electron chi connectivity index (χ3n) is 2.55. The molecule has 0 saturated carbocycles. The van der Waals surface area contributed by atoms with E-state index >= 15 is 0 Å². The number of amidine groups is 1. The molecule has 0 aliphatic heterocycles. The van der Waals surface area contributed by atoms with Crippen molar-refractivity contribution in [2.45, 2.75) is 6.92 Å². The van der Waals surface area contributed by atoms with E-state index in [9.17, 15) is 13.2 Å². The second-order valence-corrected chi connectivity index (χ2v) is 5.61. The first-order chi connectivity index (χ1) is 10.4. The number of hydrogen-bond donors (Lipinski definition) is 1. The van der Waals surface area contributed by atoms with Crippen LogP contribution < -0.4 is 10.0 Å². The first-order valence-corrected chi connectivity index (χ1v) is 7.54. The molecule has 0 saturated heterocycles. The summed E-state index contributed by atoms with van der Waals surface area (Å²) in [6, 6.07) is 7.87. The molecule has 0 radical (unpaired) electrons. The molecule has 0 fully saturated rings. The average Bonchev–Trinajstić information content (AvgIpc) is 2.48. The van der Waals surface area contributed by atoms with Gasteiger partial charge in [-0.25, -0.2) is 4.98 Å². The van der Waals surface area contributed by atoms with Crippen molar-refractivity contribution in [3.63, 3.8) is 0 Å². The highest BCUT2D eigenvalue weighted by molar-refractivity contribution is 7.92. The largest absolute Gasteiger partial charge is 0.381 e. The fraction of sp³-hybridized carbons (Fsp3) is 0.0769. The molecule has 9 heteroatoms. The Morgan fingerprint density at radius 3 is 2.45 bits per heavy atom. The molecule has 2 N–H and O–H groups in total. The maximum Gasteiger partial charge on any atom is 0.353 e. The van der Waals surface area contributed by atoms with Gasteiger partial charge < -0.3 is 5.73 Å². The third-order valence-corrected chi connectivity index (χ3v) is 3.90. The number of rotatable bonds is 4. The number of hydrogen-bond acceptors (Lipinski definition) is 5. The molecule has 0 bridgehead atoms. The highest BCUT2D eigenvalue weighted by Crippen LogP contribution is 2.19. The molecule has 1 heterocycles. The van der Waals surface area contributed by atoms with Gasteiger partial charge in [0, 0.05) is 19.3 Å². The predicted octanol–water partition coefficient (Wildman–Crippen LogP) is 0.480. The Labute approximate surface area is 127 Å². The van der Waals surface area contributed by atoms with Crippen LogP contribution in [0.4, 0.5) is 5.69 Å². The molecule has 1 amide bonds. The Morgan fingerprint density at radius 2 is 1.91 bits per heavy atom. The standard InChI is InChI=1S/C13H13N5O3S/c1-10(19)18(11-5-3-2-4-6-11)22(20,21)17-13(14)12-9-15-7-8-16-12/h2-9H,1H3,(H2,14,17). The van der Waals surface area contributed by atoms with E-state index in [0.29, 0.717) is 4.31 Å². The summed E-state index contributed by atoms with van der Waals surface area (Å²) >= 11 is 0. The topological polar surface area (TPSA) is 119 Å². The number of carbonyl (C=O) groups is 1. The van der Waals surface area contributed by atoms with Gasteiger partial charge in [0.2, 0.25) is 5.91 Å². The van der Waals surface area contributed by atoms with Crippen molar-refractivity contribution in [2.24, 2.45) is 10.1 Å². The fourth-order valence-corrected chi connectivity index (χ4v) is 2.82. The lowest BCUT2D eigenvalue weighted by Gasteiger charge is -2.18. The number of benzene rings is 1. The van der Waals surface area contributed by atoms with E-state index in [2.05, 4.69) is 14.4 Å². The van der Waals surface area contributed by atoms with Gasteiger partial charge in [-0.15, -0.1) is 4.40 Å². The normalized spacial score (nSPS) is 12.0. The minimum absolute atomic E-state index is 0.0997. The first-order valence-electron chi connectivity index (χ1n) is 6.14. The maximum absolute atomic E-state index is 12.3. The third kappa shape index (κ3) is 3.44. The molecule has 8 nitrogen and oxygen atoms in total. The number of amides is 1. The Balaban J connectivity index is 2.45. The van der Waals surface area contributed by atoms with Crippen molar-refractivity contribution in [3.8, 4) is 0 Å². The minimum atomic E-state index is -4.34. The van der Waals surface area contributed by atoms with Crippen LogP contribution in [0.15, 0.2) is 53.3 Å². The van der Waals surface area contributed by atoms with E-state index in [1.54, 1.807) is 18.2 Å². The van der Waals surface area contributed by atoms with Gasteiger partial charge in [0.1, 0.15) is 5.69 Å². The molecule has 1 aromatic heterocycles. The lowest BCUT2D eigenvalue weighted by molar-refractivity contribution is -0.115. The van der Waals surface area contributed by atoms with Crippen molar-refractivity contribution < 1.29 is 13.2 Å². The molecule has 1 aromatic carbocycles. The zero-order valence-corrected chi connectivity index (χ0v) is 12.4. The van der Waals surface area contributed by atoms with Crippen molar-refractivity contribution >= 4 is 27.6 Å². The fourth-order valence-electron chi connectivity index (χ4n) is 1.68. The van der Waals surface area contributed by atoms with E-state index in [1.807, 2.05) is 0 Å². The average molecular weight is 319 g/mol. The summed E-state index contributed by atoms with van der Waals surface area (Å²) in [5.41, 5.74) is 5.90. The van der Waals surface area contributed by atoms with Gasteiger partial charge in [-0.1, -0.05) is 18.2 Å². The number of nitrogens with zero attached hydrogens (tertiary/aromatic N) is 4. The molecule has 0 aliphatic carbocycles. The van der Waals surface area contributed by atoms with E-state index in [0.717, 1.165) is 6.92 Å². The van der Waals surface area contributed by atoms with Crippen molar-refractivity contribution in [3.05, 3.63) is 54.6 Å². The summed E-state index contributed by atoms with van der Waals surface area (Å²) in [4.78, 5) is 19.3. The SMILES string of the molecule is CC(=O)N(c1ccccc1)S(=O)(=O)N=C(N)c1cnccn1. The van der Waals surface area contributed by atoms with Crippen LogP contribution in [0, 0.1) is 0 Å². The first kappa shape index (κ1) is 15.6. The molecule has 114 valence electrons. The van der Waals surface area contributed by atoms with E-state index in [4.69, 9.17) is 5.73 Å². The van der Waals surface area contributed by atoms with Gasteiger partial charge in [0.25, 0.3) is 0 Å². The van der Waals surface area contributed by atoms with Crippen LogP contribution in [0.3, 0.4) is 0 Å². The summed E-state index contributed by atoms with van der Waals surface area (Å²) in [5, 5.41) is 0. The highest BCUT2D eigenvalue weighted by Gasteiger charge is 2.26. The second kappa shape index (κ2) is 6.31. The van der Waals surface area contributed by atoms with Crippen molar-refractivity contribution in [1.29, 1.82) is 0 Å². The molecule has 22 heavy (non-hydrogen) atoms. The summed E-state index contributed by atoms with van der Waals surface area (Å²) in [5.74, 6) is -1.06. The van der Waals surface area contributed by atoms with Gasteiger partial charge in [-0.05, 0) is 12.1 Å². The molecule has 2 rings (SSSR count). The highest BCUT2D eigenvalue weighted by atomic mass is 32.2. The summed E-state index contributed by atoms with van der Waals surface area (Å²) < 4.78 is 28.7. The number of anilines is 1. The van der Waals surface area contributed by atoms with Crippen LogP contribution >= 0.6 is 0 Å². The Bertz CT molecular complexity index is 791. The van der Waals surface area contributed by atoms with Crippen molar-refractivity contribution in [1.82, 2.24) is 9.97 Å². The van der Waals surface area contributed by atoms with E-state index in [-0.39, 0.29) is 17.2 Å². The lowest BCUT2D eigenvalue weighted by atomic mass is 10.3. The quantitative estimate of drug-likeness (QED) is 0.646. The molecule has 2 aromatic rings. The summed E-state index contributed by atoms with van der Waals surface area (Å²) in [6.07, 6.45) is 4.04. The Hall–Kier alpha value is -2.81. The molecule has 0 unspecified atom stereocenters. The lowest BCUT2D eigenvalue weighted by Crippen LogP contribution is -2.35. The zero-order valence-electron chi connectivity index (χ0n) is 11.6. The van der Waals surface area contributed by atoms with E-state index in [1.165, 1.54) is 30.7 Å². The summed E-state index contributed by atoms with van der Waals surface area (Å²) in [6.45, 7) is 1.12. The minimum Gasteiger partial charge on any atom is -0.381 e. The molecular weight excluding hydrogens is 306 g/mol. The van der Waals surface area contributed by atoms with Gasteiger partial charge in [-0.2, -0.15) is 12.7 Å². The maximum atomic E-state index is 12.3. The van der Waals surface area contributed by atoms with E-state index < -0.39 is 16.1 Å². The summed E-state index contributed by atoms with van der Waals surface area (Å²) in [7, 11) is -4.34. The van der Waals surface area contributed by atoms with Crippen LogP contribution in [-0.2, 0) is 15.0 Å². The second-order valence-electron chi connectivity index (χ2n) is 4.16. The molecule has 0 atom stereocenters. The van der Waals surface area contributed by atoms with Gasteiger partial charge in [-0.3, -0.25) is 9.78 Å².